The van der Waals surface area contributed by atoms with E-state index in [4.69, 9.17) is 10.5 Å². The molecule has 0 aromatic heterocycles. The summed E-state index contributed by atoms with van der Waals surface area (Å²) < 4.78 is 5.39. The van der Waals surface area contributed by atoms with E-state index in [0.29, 0.717) is 5.92 Å². The molecule has 0 amide bonds. The summed E-state index contributed by atoms with van der Waals surface area (Å²) in [6.07, 6.45) is 5.85. The van der Waals surface area contributed by atoms with E-state index in [1.54, 1.807) is 6.92 Å². The van der Waals surface area contributed by atoms with Crippen molar-refractivity contribution in [3.8, 4) is 0 Å². The van der Waals surface area contributed by atoms with Crippen molar-refractivity contribution in [3.05, 3.63) is 0 Å². The molecule has 1 saturated carbocycles. The quantitative estimate of drug-likeness (QED) is 0.706. The molecule has 3 atom stereocenters. The van der Waals surface area contributed by atoms with E-state index >= 15 is 0 Å². The molecule has 0 aromatic carbocycles. The molecule has 3 nitrogen and oxygen atoms in total. The van der Waals surface area contributed by atoms with E-state index in [1.807, 2.05) is 0 Å². The first-order chi connectivity index (χ1) is 6.65. The summed E-state index contributed by atoms with van der Waals surface area (Å²) >= 11 is 0. The molecule has 0 spiro atoms. The molecule has 0 aliphatic heterocycles. The van der Waals surface area contributed by atoms with E-state index in [0.717, 1.165) is 12.8 Å². The lowest BCUT2D eigenvalue weighted by molar-refractivity contribution is -0.154. The standard InChI is InChI=1S/C11H21NO2/c1-3-9-6-4-5-7-10(9)14-11(13)8(2)12/h8-10H,3-7,12H2,1-2H3/t8-,9?,10?/m0/s1. The molecule has 2 unspecified atom stereocenters. The lowest BCUT2D eigenvalue weighted by Gasteiger charge is -2.30. The Hall–Kier alpha value is -0.570. The van der Waals surface area contributed by atoms with Crippen molar-refractivity contribution < 1.29 is 9.53 Å². The lowest BCUT2D eigenvalue weighted by atomic mass is 9.85. The second-order valence-corrected chi connectivity index (χ2v) is 4.22. The largest absolute Gasteiger partial charge is 0.461 e. The summed E-state index contributed by atoms with van der Waals surface area (Å²) in [6.45, 7) is 3.83. The Balaban J connectivity index is 2.44. The van der Waals surface area contributed by atoms with Gasteiger partial charge in [0.2, 0.25) is 0 Å². The maximum Gasteiger partial charge on any atom is 0.322 e. The Morgan fingerprint density at radius 2 is 2.14 bits per heavy atom. The number of hydrogen-bond donors (Lipinski definition) is 1. The molecule has 3 heteroatoms. The van der Waals surface area contributed by atoms with Gasteiger partial charge < -0.3 is 10.5 Å². The monoisotopic (exact) mass is 199 g/mol. The second kappa shape index (κ2) is 5.35. The van der Waals surface area contributed by atoms with E-state index in [2.05, 4.69) is 6.92 Å². The Bertz CT molecular complexity index is 192. The molecule has 0 saturated heterocycles. The molecule has 1 aliphatic carbocycles. The normalized spacial score (nSPS) is 29.6. The Morgan fingerprint density at radius 1 is 1.50 bits per heavy atom. The van der Waals surface area contributed by atoms with Gasteiger partial charge in [-0.1, -0.05) is 13.3 Å². The van der Waals surface area contributed by atoms with E-state index in [9.17, 15) is 4.79 Å². The lowest BCUT2D eigenvalue weighted by Crippen LogP contribution is -2.36. The number of ether oxygens (including phenoxy) is 1. The van der Waals surface area contributed by atoms with Gasteiger partial charge >= 0.3 is 5.97 Å². The highest BCUT2D eigenvalue weighted by Gasteiger charge is 2.27. The molecule has 0 heterocycles. The third-order valence-corrected chi connectivity index (χ3v) is 3.00. The van der Waals surface area contributed by atoms with Gasteiger partial charge in [-0.25, -0.2) is 0 Å². The summed E-state index contributed by atoms with van der Waals surface area (Å²) in [4.78, 5) is 11.3. The maximum absolute atomic E-state index is 11.3. The van der Waals surface area contributed by atoms with Crippen molar-refractivity contribution in [3.63, 3.8) is 0 Å². The van der Waals surface area contributed by atoms with Crippen molar-refractivity contribution in [2.45, 2.75) is 58.1 Å². The van der Waals surface area contributed by atoms with Crippen LogP contribution in [0.1, 0.15) is 46.0 Å². The van der Waals surface area contributed by atoms with Gasteiger partial charge in [0.1, 0.15) is 12.1 Å². The van der Waals surface area contributed by atoms with E-state index in [-0.39, 0.29) is 12.1 Å². The number of esters is 1. The highest BCUT2D eigenvalue weighted by Crippen LogP contribution is 2.29. The first-order valence-electron chi connectivity index (χ1n) is 5.61. The smallest absolute Gasteiger partial charge is 0.322 e. The van der Waals surface area contributed by atoms with Gasteiger partial charge in [-0.15, -0.1) is 0 Å². The minimum Gasteiger partial charge on any atom is -0.461 e. The number of carbonyl (C=O) groups excluding carboxylic acids is 1. The zero-order valence-electron chi connectivity index (χ0n) is 9.16. The molecule has 0 radical (unpaired) electrons. The van der Waals surface area contributed by atoms with Gasteiger partial charge in [0.05, 0.1) is 0 Å². The van der Waals surface area contributed by atoms with E-state index < -0.39 is 6.04 Å². The van der Waals surface area contributed by atoms with Crippen LogP contribution < -0.4 is 5.73 Å². The van der Waals surface area contributed by atoms with Gasteiger partial charge in [0, 0.05) is 0 Å². The average Bonchev–Trinajstić information content (AvgIpc) is 2.18. The fourth-order valence-electron chi connectivity index (χ4n) is 2.05. The van der Waals surface area contributed by atoms with Gasteiger partial charge in [-0.3, -0.25) is 4.79 Å². The zero-order valence-corrected chi connectivity index (χ0v) is 9.16. The first-order valence-corrected chi connectivity index (χ1v) is 5.61. The summed E-state index contributed by atoms with van der Waals surface area (Å²) in [5, 5.41) is 0. The van der Waals surface area contributed by atoms with Crippen molar-refractivity contribution >= 4 is 5.97 Å². The Kier molecular flexibility index (Phi) is 4.39. The predicted molar refractivity (Wildman–Crippen MR) is 55.8 cm³/mol. The molecule has 0 bridgehead atoms. The summed E-state index contributed by atoms with van der Waals surface area (Å²) in [6, 6.07) is -0.491. The van der Waals surface area contributed by atoms with Gasteiger partial charge in [0.25, 0.3) is 0 Å². The summed E-state index contributed by atoms with van der Waals surface area (Å²) in [5.41, 5.74) is 5.47. The van der Waals surface area contributed by atoms with Gasteiger partial charge in [-0.2, -0.15) is 0 Å². The van der Waals surface area contributed by atoms with Crippen LogP contribution in [0.3, 0.4) is 0 Å². The van der Waals surface area contributed by atoms with Crippen LogP contribution in [0.5, 0.6) is 0 Å². The second-order valence-electron chi connectivity index (χ2n) is 4.22. The SMILES string of the molecule is CCC1CCCCC1OC(=O)[C@H](C)N. The molecule has 1 aliphatic rings. The van der Waals surface area contributed by atoms with Crippen molar-refractivity contribution in [2.24, 2.45) is 11.7 Å². The molecule has 14 heavy (non-hydrogen) atoms. The molecular weight excluding hydrogens is 178 g/mol. The highest BCUT2D eigenvalue weighted by molar-refractivity contribution is 5.75. The predicted octanol–water partition coefficient (Wildman–Crippen LogP) is 1.85. The van der Waals surface area contributed by atoms with Crippen LogP contribution in [-0.4, -0.2) is 18.1 Å². The number of nitrogens with two attached hydrogens (primary N) is 1. The van der Waals surface area contributed by atoms with Gasteiger partial charge in [0.15, 0.2) is 0 Å². The zero-order chi connectivity index (χ0) is 10.6. The van der Waals surface area contributed by atoms with Crippen LogP contribution in [-0.2, 0) is 9.53 Å². The minimum atomic E-state index is -0.491. The molecular formula is C11H21NO2. The summed E-state index contributed by atoms with van der Waals surface area (Å²) in [7, 11) is 0. The van der Waals surface area contributed by atoms with E-state index in [1.165, 1.54) is 19.3 Å². The third kappa shape index (κ3) is 2.98. The van der Waals surface area contributed by atoms with Crippen molar-refractivity contribution in [1.82, 2.24) is 0 Å². The van der Waals surface area contributed by atoms with Crippen LogP contribution >= 0.6 is 0 Å². The maximum atomic E-state index is 11.3. The van der Waals surface area contributed by atoms with Gasteiger partial charge in [-0.05, 0) is 38.5 Å². The van der Waals surface area contributed by atoms with Crippen LogP contribution in [0.25, 0.3) is 0 Å². The average molecular weight is 199 g/mol. The van der Waals surface area contributed by atoms with Crippen molar-refractivity contribution in [2.75, 3.05) is 0 Å². The van der Waals surface area contributed by atoms with Crippen LogP contribution in [0.4, 0.5) is 0 Å². The Labute approximate surface area is 86.0 Å². The van der Waals surface area contributed by atoms with Crippen LogP contribution in [0, 0.1) is 5.92 Å². The Morgan fingerprint density at radius 3 is 2.71 bits per heavy atom. The molecule has 0 aromatic rings. The molecule has 82 valence electrons. The number of hydrogen-bond acceptors (Lipinski definition) is 3. The minimum absolute atomic E-state index is 0.118. The highest BCUT2D eigenvalue weighted by atomic mass is 16.5. The van der Waals surface area contributed by atoms with Crippen molar-refractivity contribution in [1.29, 1.82) is 0 Å². The molecule has 1 rings (SSSR count). The molecule has 2 N–H and O–H groups in total. The third-order valence-electron chi connectivity index (χ3n) is 3.00. The fraction of sp³-hybridized carbons (Fsp3) is 0.909. The topological polar surface area (TPSA) is 52.3 Å². The number of carbonyl (C=O) groups is 1. The summed E-state index contributed by atoms with van der Waals surface area (Å²) in [5.74, 6) is 0.293. The number of rotatable bonds is 3. The fourth-order valence-corrected chi connectivity index (χ4v) is 2.05. The van der Waals surface area contributed by atoms with Crippen LogP contribution in [0.2, 0.25) is 0 Å². The van der Waals surface area contributed by atoms with Crippen LogP contribution in [0.15, 0.2) is 0 Å². The molecule has 1 fully saturated rings. The first kappa shape index (κ1) is 11.5.